The van der Waals surface area contributed by atoms with Gasteiger partial charge in [0.1, 0.15) is 6.04 Å². The average molecular weight is 260 g/mol. The number of aliphatic hydroxyl groups is 1. The predicted octanol–water partition coefficient (Wildman–Crippen LogP) is 0.900. The first-order chi connectivity index (χ1) is 8.42. The molecule has 18 heavy (non-hydrogen) atoms. The second-order valence-electron chi connectivity index (χ2n) is 4.63. The molecule has 0 heterocycles. The van der Waals surface area contributed by atoms with E-state index in [2.05, 4.69) is 5.32 Å². The van der Waals surface area contributed by atoms with Gasteiger partial charge in [0, 0.05) is 19.7 Å². The fourth-order valence-electron chi connectivity index (χ4n) is 1.60. The number of carbonyl (C=O) groups excluding carboxylic acids is 1. The third-order valence-electron chi connectivity index (χ3n) is 2.56. The third kappa shape index (κ3) is 6.44. The number of urea groups is 1. The average Bonchev–Trinajstić information content (AvgIpc) is 2.28. The maximum Gasteiger partial charge on any atom is 0.326 e. The fourth-order valence-corrected chi connectivity index (χ4v) is 1.60. The van der Waals surface area contributed by atoms with Gasteiger partial charge in [0.2, 0.25) is 0 Å². The van der Waals surface area contributed by atoms with Crippen LogP contribution in [0.25, 0.3) is 0 Å². The van der Waals surface area contributed by atoms with E-state index in [9.17, 15) is 9.59 Å². The van der Waals surface area contributed by atoms with E-state index in [1.54, 1.807) is 0 Å². The molecule has 0 bridgehead atoms. The van der Waals surface area contributed by atoms with Gasteiger partial charge in [-0.2, -0.15) is 0 Å². The lowest BCUT2D eigenvalue weighted by Gasteiger charge is -2.24. The van der Waals surface area contributed by atoms with Crippen molar-refractivity contribution in [3.8, 4) is 0 Å². The van der Waals surface area contributed by atoms with Crippen LogP contribution in [0.1, 0.15) is 33.6 Å². The molecule has 0 fully saturated rings. The zero-order chi connectivity index (χ0) is 14.1. The summed E-state index contributed by atoms with van der Waals surface area (Å²) >= 11 is 0. The molecule has 0 radical (unpaired) electrons. The highest BCUT2D eigenvalue weighted by Crippen LogP contribution is 2.06. The number of amides is 2. The molecule has 6 nitrogen and oxygen atoms in total. The summed E-state index contributed by atoms with van der Waals surface area (Å²) in [4.78, 5) is 24.4. The topological polar surface area (TPSA) is 89.9 Å². The Morgan fingerprint density at radius 3 is 2.33 bits per heavy atom. The van der Waals surface area contributed by atoms with Gasteiger partial charge in [-0.25, -0.2) is 9.59 Å². The largest absolute Gasteiger partial charge is 0.480 e. The SMILES string of the molecule is CCN(CCCO)C(=O)N[C@H](CC(C)C)C(=O)O. The molecule has 0 aliphatic rings. The van der Waals surface area contributed by atoms with E-state index >= 15 is 0 Å². The zero-order valence-electron chi connectivity index (χ0n) is 11.3. The van der Waals surface area contributed by atoms with Crippen LogP contribution < -0.4 is 5.32 Å². The molecule has 0 saturated carbocycles. The first kappa shape index (κ1) is 16.7. The molecule has 0 spiro atoms. The minimum atomic E-state index is -1.02. The highest BCUT2D eigenvalue weighted by Gasteiger charge is 2.23. The Morgan fingerprint density at radius 1 is 1.33 bits per heavy atom. The van der Waals surface area contributed by atoms with Crippen molar-refractivity contribution in [3.05, 3.63) is 0 Å². The van der Waals surface area contributed by atoms with Gasteiger partial charge in [-0.05, 0) is 25.7 Å². The maximum atomic E-state index is 11.8. The molecule has 0 aliphatic carbocycles. The van der Waals surface area contributed by atoms with Crippen LogP contribution in [-0.4, -0.2) is 52.9 Å². The van der Waals surface area contributed by atoms with Crippen molar-refractivity contribution in [3.63, 3.8) is 0 Å². The summed E-state index contributed by atoms with van der Waals surface area (Å²) in [7, 11) is 0. The van der Waals surface area contributed by atoms with E-state index in [1.807, 2.05) is 20.8 Å². The first-order valence-corrected chi connectivity index (χ1v) is 6.31. The third-order valence-corrected chi connectivity index (χ3v) is 2.56. The Hall–Kier alpha value is -1.30. The van der Waals surface area contributed by atoms with Crippen LogP contribution in [0.15, 0.2) is 0 Å². The first-order valence-electron chi connectivity index (χ1n) is 6.31. The van der Waals surface area contributed by atoms with Gasteiger partial charge in [-0.3, -0.25) is 0 Å². The minimum absolute atomic E-state index is 0.0120. The highest BCUT2D eigenvalue weighted by atomic mass is 16.4. The molecule has 6 heteroatoms. The molecule has 3 N–H and O–H groups in total. The quantitative estimate of drug-likeness (QED) is 0.605. The minimum Gasteiger partial charge on any atom is -0.480 e. The monoisotopic (exact) mass is 260 g/mol. The van der Waals surface area contributed by atoms with Gasteiger partial charge in [0.15, 0.2) is 0 Å². The van der Waals surface area contributed by atoms with E-state index in [4.69, 9.17) is 10.2 Å². The summed E-state index contributed by atoms with van der Waals surface area (Å²) in [5.74, 6) is -0.825. The lowest BCUT2D eigenvalue weighted by atomic mass is 10.0. The van der Waals surface area contributed by atoms with Crippen molar-refractivity contribution < 1.29 is 19.8 Å². The second kappa shape index (κ2) is 8.74. The van der Waals surface area contributed by atoms with Gasteiger partial charge >= 0.3 is 12.0 Å². The molecule has 0 aromatic heterocycles. The Balaban J connectivity index is 4.41. The van der Waals surface area contributed by atoms with Crippen molar-refractivity contribution in [2.75, 3.05) is 19.7 Å². The molecule has 2 amide bonds. The van der Waals surface area contributed by atoms with Crippen LogP contribution in [0, 0.1) is 5.92 Å². The number of rotatable bonds is 8. The summed E-state index contributed by atoms with van der Waals surface area (Å²) in [6, 6.07) is -1.25. The molecular formula is C12H24N2O4. The van der Waals surface area contributed by atoms with Gasteiger partial charge in [-0.1, -0.05) is 13.8 Å². The Bertz CT molecular complexity index is 269. The number of aliphatic carboxylic acids is 1. The summed E-state index contributed by atoms with van der Waals surface area (Å²) in [6.45, 7) is 6.55. The molecular weight excluding hydrogens is 236 g/mol. The van der Waals surface area contributed by atoms with Crippen LogP contribution in [0.3, 0.4) is 0 Å². The van der Waals surface area contributed by atoms with Crippen LogP contribution in [0.4, 0.5) is 4.79 Å². The molecule has 1 atom stereocenters. The smallest absolute Gasteiger partial charge is 0.326 e. The second-order valence-corrected chi connectivity index (χ2v) is 4.63. The maximum absolute atomic E-state index is 11.8. The van der Waals surface area contributed by atoms with E-state index in [0.717, 1.165) is 0 Å². The molecule has 0 aromatic rings. The predicted molar refractivity (Wildman–Crippen MR) is 68.4 cm³/mol. The number of carbonyl (C=O) groups is 2. The van der Waals surface area contributed by atoms with Gasteiger partial charge in [-0.15, -0.1) is 0 Å². The van der Waals surface area contributed by atoms with Crippen LogP contribution >= 0.6 is 0 Å². The Labute approximate surface area is 108 Å². The normalized spacial score (nSPS) is 12.3. The molecule has 0 rings (SSSR count). The Morgan fingerprint density at radius 2 is 1.94 bits per heavy atom. The van der Waals surface area contributed by atoms with Crippen LogP contribution in [0.2, 0.25) is 0 Å². The van der Waals surface area contributed by atoms with Crippen molar-refractivity contribution in [1.29, 1.82) is 0 Å². The lowest BCUT2D eigenvalue weighted by Crippen LogP contribution is -2.48. The van der Waals surface area contributed by atoms with Crippen molar-refractivity contribution in [2.45, 2.75) is 39.7 Å². The van der Waals surface area contributed by atoms with E-state index in [0.29, 0.717) is 25.9 Å². The number of hydrogen-bond donors (Lipinski definition) is 3. The molecule has 0 unspecified atom stereocenters. The summed E-state index contributed by atoms with van der Waals surface area (Å²) in [5.41, 5.74) is 0. The number of nitrogens with one attached hydrogen (secondary N) is 1. The number of nitrogens with zero attached hydrogens (tertiary/aromatic N) is 1. The number of hydrogen-bond acceptors (Lipinski definition) is 3. The van der Waals surface area contributed by atoms with Gasteiger partial charge in [0.25, 0.3) is 0 Å². The highest BCUT2D eigenvalue weighted by molar-refractivity contribution is 5.82. The van der Waals surface area contributed by atoms with E-state index < -0.39 is 12.0 Å². The standard InChI is InChI=1S/C12H24N2O4/c1-4-14(6-5-7-15)12(18)13-10(11(16)17)8-9(2)3/h9-10,15H,4-8H2,1-3H3,(H,13,18)(H,16,17)/t10-/m1/s1. The van der Waals surface area contributed by atoms with E-state index in [-0.39, 0.29) is 18.6 Å². The van der Waals surface area contributed by atoms with Crippen LogP contribution in [0.5, 0.6) is 0 Å². The van der Waals surface area contributed by atoms with Crippen molar-refractivity contribution in [1.82, 2.24) is 10.2 Å². The summed E-state index contributed by atoms with van der Waals surface area (Å²) < 4.78 is 0. The Kier molecular flexibility index (Phi) is 8.11. The van der Waals surface area contributed by atoms with Crippen molar-refractivity contribution >= 4 is 12.0 Å². The van der Waals surface area contributed by atoms with Crippen molar-refractivity contribution in [2.24, 2.45) is 5.92 Å². The lowest BCUT2D eigenvalue weighted by molar-refractivity contribution is -0.139. The molecule has 0 saturated heterocycles. The van der Waals surface area contributed by atoms with Gasteiger partial charge < -0.3 is 20.4 Å². The van der Waals surface area contributed by atoms with Gasteiger partial charge in [0.05, 0.1) is 0 Å². The number of aliphatic hydroxyl groups excluding tert-OH is 1. The summed E-state index contributed by atoms with van der Waals surface area (Å²) in [5, 5.41) is 20.3. The zero-order valence-corrected chi connectivity index (χ0v) is 11.3. The fraction of sp³-hybridized carbons (Fsp3) is 0.833. The molecule has 0 aromatic carbocycles. The molecule has 106 valence electrons. The van der Waals surface area contributed by atoms with Crippen LogP contribution in [-0.2, 0) is 4.79 Å². The number of carboxylic acid groups (broad SMARTS) is 1. The molecule has 0 aliphatic heterocycles. The van der Waals surface area contributed by atoms with E-state index in [1.165, 1.54) is 4.90 Å². The number of carboxylic acids is 1. The summed E-state index contributed by atoms with van der Waals surface area (Å²) in [6.07, 6.45) is 0.891.